The first-order valence-corrected chi connectivity index (χ1v) is 6.79. The van der Waals surface area contributed by atoms with E-state index < -0.39 is 5.63 Å². The fraction of sp³-hybridized carbons (Fsp3) is 0.312. The Labute approximate surface area is 122 Å². The molecule has 0 saturated carbocycles. The van der Waals surface area contributed by atoms with Gasteiger partial charge in [0.2, 0.25) is 5.75 Å². The Morgan fingerprint density at radius 3 is 2.86 bits per heavy atom. The first-order valence-electron chi connectivity index (χ1n) is 6.79. The molecule has 0 bridgehead atoms. The van der Waals surface area contributed by atoms with E-state index in [1.165, 1.54) is 7.11 Å². The fourth-order valence-corrected chi connectivity index (χ4v) is 1.92. The number of fused-ring (bicyclic) bond motifs is 1. The molecular formula is C16H18O5. The zero-order chi connectivity index (χ0) is 15.2. The van der Waals surface area contributed by atoms with E-state index in [0.717, 1.165) is 6.42 Å². The highest BCUT2D eigenvalue weighted by Gasteiger charge is 2.15. The molecule has 2 rings (SSSR count). The molecule has 112 valence electrons. The van der Waals surface area contributed by atoms with E-state index in [4.69, 9.17) is 13.9 Å². The molecule has 1 heterocycles. The highest BCUT2D eigenvalue weighted by molar-refractivity contribution is 5.86. The van der Waals surface area contributed by atoms with Gasteiger partial charge in [-0.1, -0.05) is 19.1 Å². The van der Waals surface area contributed by atoms with Gasteiger partial charge in [0, 0.05) is 6.07 Å². The van der Waals surface area contributed by atoms with Gasteiger partial charge in [0.25, 0.3) is 0 Å². The third-order valence-corrected chi connectivity index (χ3v) is 2.98. The maximum Gasteiger partial charge on any atom is 0.383 e. The maximum absolute atomic E-state index is 11.9. The summed E-state index contributed by atoms with van der Waals surface area (Å²) >= 11 is 0. The zero-order valence-corrected chi connectivity index (χ0v) is 12.1. The number of allylic oxidation sites excluding steroid dienone is 1. The zero-order valence-electron chi connectivity index (χ0n) is 12.1. The first kappa shape index (κ1) is 15.0. The van der Waals surface area contributed by atoms with Gasteiger partial charge >= 0.3 is 5.63 Å². The van der Waals surface area contributed by atoms with Gasteiger partial charge in [0.15, 0.2) is 5.75 Å². The molecular weight excluding hydrogens is 272 g/mol. The molecule has 0 radical (unpaired) electrons. The smallest absolute Gasteiger partial charge is 0.383 e. The van der Waals surface area contributed by atoms with Crippen molar-refractivity contribution in [3.63, 3.8) is 0 Å². The molecule has 0 atom stereocenters. The SMILES string of the molecule is CC/C=C/CCOc1c(O)c2ccc(OC)cc2oc1=O. The van der Waals surface area contributed by atoms with Crippen LogP contribution in [0.25, 0.3) is 11.0 Å². The predicted octanol–water partition coefficient (Wildman–Crippen LogP) is 3.24. The van der Waals surface area contributed by atoms with Crippen molar-refractivity contribution in [1.82, 2.24) is 0 Å². The van der Waals surface area contributed by atoms with Crippen LogP contribution in [0.3, 0.4) is 0 Å². The van der Waals surface area contributed by atoms with Gasteiger partial charge in [-0.05, 0) is 25.0 Å². The highest BCUT2D eigenvalue weighted by Crippen LogP contribution is 2.33. The lowest BCUT2D eigenvalue weighted by atomic mass is 10.2. The number of benzene rings is 1. The molecule has 0 aliphatic heterocycles. The summed E-state index contributed by atoms with van der Waals surface area (Å²) in [6.07, 6.45) is 5.58. The molecule has 0 saturated heterocycles. The molecule has 0 spiro atoms. The van der Waals surface area contributed by atoms with E-state index in [-0.39, 0.29) is 17.1 Å². The molecule has 21 heavy (non-hydrogen) atoms. The molecule has 0 unspecified atom stereocenters. The summed E-state index contributed by atoms with van der Waals surface area (Å²) in [5, 5.41) is 10.6. The van der Waals surface area contributed by atoms with Crippen LogP contribution < -0.4 is 15.1 Å². The Balaban J connectivity index is 2.28. The minimum Gasteiger partial charge on any atom is -0.504 e. The molecule has 1 N–H and O–H groups in total. The minimum absolute atomic E-state index is 0.155. The van der Waals surface area contributed by atoms with E-state index in [1.807, 2.05) is 19.1 Å². The van der Waals surface area contributed by atoms with Crippen LogP contribution in [0.5, 0.6) is 17.2 Å². The molecule has 5 heteroatoms. The third-order valence-electron chi connectivity index (χ3n) is 2.98. The Kier molecular flexibility index (Phi) is 4.87. The van der Waals surface area contributed by atoms with Crippen LogP contribution in [0.15, 0.2) is 39.6 Å². The average Bonchev–Trinajstić information content (AvgIpc) is 2.49. The summed E-state index contributed by atoms with van der Waals surface area (Å²) in [6, 6.07) is 4.84. The monoisotopic (exact) mass is 290 g/mol. The summed E-state index contributed by atoms with van der Waals surface area (Å²) in [7, 11) is 1.51. The van der Waals surface area contributed by atoms with Gasteiger partial charge in [0.1, 0.15) is 11.3 Å². The Morgan fingerprint density at radius 1 is 1.33 bits per heavy atom. The van der Waals surface area contributed by atoms with Crippen LogP contribution in [0.2, 0.25) is 0 Å². The summed E-state index contributed by atoms with van der Waals surface area (Å²) in [5.41, 5.74) is -0.442. The van der Waals surface area contributed by atoms with Crippen molar-refractivity contribution in [3.8, 4) is 17.2 Å². The lowest BCUT2D eigenvalue weighted by Crippen LogP contribution is -2.08. The fourth-order valence-electron chi connectivity index (χ4n) is 1.92. The number of methoxy groups -OCH3 is 1. The molecule has 1 aromatic carbocycles. The molecule has 5 nitrogen and oxygen atoms in total. The first-order chi connectivity index (χ1) is 10.2. The van der Waals surface area contributed by atoms with E-state index in [9.17, 15) is 9.90 Å². The molecule has 1 aromatic heterocycles. The Bertz CT molecular complexity index is 700. The molecule has 0 aliphatic carbocycles. The van der Waals surface area contributed by atoms with Gasteiger partial charge in [-0.2, -0.15) is 0 Å². The van der Waals surface area contributed by atoms with Crippen LogP contribution in [-0.2, 0) is 0 Å². The lowest BCUT2D eigenvalue weighted by molar-refractivity contribution is 0.290. The van der Waals surface area contributed by atoms with Gasteiger partial charge < -0.3 is 19.0 Å². The second-order valence-electron chi connectivity index (χ2n) is 4.45. The predicted molar refractivity (Wildman–Crippen MR) is 80.2 cm³/mol. The molecule has 0 amide bonds. The van der Waals surface area contributed by atoms with Gasteiger partial charge in [-0.3, -0.25) is 0 Å². The van der Waals surface area contributed by atoms with Crippen LogP contribution in [0.4, 0.5) is 0 Å². The molecule has 2 aromatic rings. The van der Waals surface area contributed by atoms with Crippen molar-refractivity contribution in [2.45, 2.75) is 19.8 Å². The highest BCUT2D eigenvalue weighted by atomic mass is 16.5. The van der Waals surface area contributed by atoms with Crippen molar-refractivity contribution in [1.29, 1.82) is 0 Å². The number of hydrogen-bond acceptors (Lipinski definition) is 5. The lowest BCUT2D eigenvalue weighted by Gasteiger charge is -2.08. The second kappa shape index (κ2) is 6.83. The normalized spacial score (nSPS) is 11.1. The van der Waals surface area contributed by atoms with Crippen molar-refractivity contribution in [2.24, 2.45) is 0 Å². The molecule has 0 fully saturated rings. The summed E-state index contributed by atoms with van der Waals surface area (Å²) < 4.78 is 15.5. The largest absolute Gasteiger partial charge is 0.504 e. The van der Waals surface area contributed by atoms with Crippen molar-refractivity contribution in [3.05, 3.63) is 40.8 Å². The van der Waals surface area contributed by atoms with Crippen molar-refractivity contribution < 1.29 is 19.0 Å². The Morgan fingerprint density at radius 2 is 2.14 bits per heavy atom. The van der Waals surface area contributed by atoms with E-state index in [2.05, 4.69) is 0 Å². The topological polar surface area (TPSA) is 68.9 Å². The van der Waals surface area contributed by atoms with Crippen molar-refractivity contribution >= 4 is 11.0 Å². The second-order valence-corrected chi connectivity index (χ2v) is 4.45. The quantitative estimate of drug-likeness (QED) is 0.502. The summed E-state index contributed by atoms with van der Waals surface area (Å²) in [5.74, 6) is 0.185. The minimum atomic E-state index is -0.701. The van der Waals surface area contributed by atoms with E-state index in [0.29, 0.717) is 24.2 Å². The third kappa shape index (κ3) is 3.37. The van der Waals surface area contributed by atoms with Crippen LogP contribution in [0, 0.1) is 0 Å². The number of rotatable bonds is 6. The van der Waals surface area contributed by atoms with Crippen LogP contribution in [-0.4, -0.2) is 18.8 Å². The Hall–Kier alpha value is -2.43. The van der Waals surface area contributed by atoms with Gasteiger partial charge in [-0.15, -0.1) is 0 Å². The van der Waals surface area contributed by atoms with Crippen LogP contribution >= 0.6 is 0 Å². The van der Waals surface area contributed by atoms with Gasteiger partial charge in [0.05, 0.1) is 19.1 Å². The van der Waals surface area contributed by atoms with E-state index in [1.54, 1.807) is 18.2 Å². The maximum atomic E-state index is 11.9. The summed E-state index contributed by atoms with van der Waals surface area (Å²) in [6.45, 7) is 2.34. The average molecular weight is 290 g/mol. The van der Waals surface area contributed by atoms with E-state index >= 15 is 0 Å². The number of hydrogen-bond donors (Lipinski definition) is 1. The van der Waals surface area contributed by atoms with Crippen molar-refractivity contribution in [2.75, 3.05) is 13.7 Å². The van der Waals surface area contributed by atoms with Gasteiger partial charge in [-0.25, -0.2) is 4.79 Å². The molecule has 0 aliphatic rings. The standard InChI is InChI=1S/C16H18O5/c1-3-4-5-6-9-20-15-14(17)12-8-7-11(19-2)10-13(12)21-16(15)18/h4-5,7-8,10,17H,3,6,9H2,1-2H3/b5-4+. The summed E-state index contributed by atoms with van der Waals surface area (Å²) in [4.78, 5) is 11.9. The number of ether oxygens (including phenoxy) is 2. The van der Waals surface area contributed by atoms with Crippen LogP contribution in [0.1, 0.15) is 19.8 Å². The number of aromatic hydroxyl groups is 1.